The van der Waals surface area contributed by atoms with Gasteiger partial charge in [0.05, 0.1) is 22.6 Å². The van der Waals surface area contributed by atoms with Crippen LogP contribution >= 0.6 is 11.6 Å². The number of nitriles is 1. The van der Waals surface area contributed by atoms with Crippen molar-refractivity contribution in [3.05, 3.63) is 86.7 Å². The number of aromatic nitrogens is 3. The van der Waals surface area contributed by atoms with Gasteiger partial charge < -0.3 is 11.1 Å². The lowest BCUT2D eigenvalue weighted by molar-refractivity contribution is 0.529. The lowest BCUT2D eigenvalue weighted by Crippen LogP contribution is -2.27. The molecule has 166 valence electrons. The normalized spacial score (nSPS) is 11.9. The number of anilines is 2. The maximum Gasteiger partial charge on any atom is 0.264 e. The number of nitrogens with zero attached hydrogens (tertiary/aromatic N) is 4. The maximum atomic E-state index is 14.7. The average Bonchev–Trinajstić information content (AvgIpc) is 2.74. The predicted octanol–water partition coefficient (Wildman–Crippen LogP) is 4.48. The highest BCUT2D eigenvalue weighted by Crippen LogP contribution is 2.29. The molecule has 0 fully saturated rings. The topological polar surface area (TPSA) is 110 Å². The molecule has 2 heterocycles. The van der Waals surface area contributed by atoms with Crippen LogP contribution in [0.3, 0.4) is 0 Å². The van der Waals surface area contributed by atoms with E-state index in [1.54, 1.807) is 19.1 Å². The molecular formula is C22H14ClF3N6O. The Bertz CT molecular complexity index is 1490. The van der Waals surface area contributed by atoms with Crippen molar-refractivity contribution in [1.82, 2.24) is 14.5 Å². The Morgan fingerprint density at radius 2 is 1.91 bits per heavy atom. The van der Waals surface area contributed by atoms with Crippen LogP contribution in [-0.4, -0.2) is 14.5 Å². The third kappa shape index (κ3) is 3.94. The second kappa shape index (κ2) is 8.44. The number of nitrogens with two attached hydrogens (primary N) is 1. The number of halogens is 4. The van der Waals surface area contributed by atoms with Gasteiger partial charge in [0, 0.05) is 17.8 Å². The molecule has 0 amide bonds. The zero-order valence-electron chi connectivity index (χ0n) is 16.9. The minimum Gasteiger partial charge on any atom is -0.368 e. The van der Waals surface area contributed by atoms with Crippen LogP contribution in [0.25, 0.3) is 16.5 Å². The fraction of sp³-hybridized carbons (Fsp3) is 0.0909. The van der Waals surface area contributed by atoms with Gasteiger partial charge in [-0.1, -0.05) is 23.7 Å². The first-order valence-corrected chi connectivity index (χ1v) is 9.87. The van der Waals surface area contributed by atoms with Gasteiger partial charge in [-0.25, -0.2) is 18.2 Å². The van der Waals surface area contributed by atoms with Crippen LogP contribution in [0, 0.1) is 28.8 Å². The molecule has 7 nitrogen and oxygen atoms in total. The Balaban J connectivity index is 2.01. The molecule has 33 heavy (non-hydrogen) atoms. The molecule has 4 aromatic rings. The predicted molar refractivity (Wildman–Crippen MR) is 118 cm³/mol. The van der Waals surface area contributed by atoms with Gasteiger partial charge in [-0.3, -0.25) is 9.36 Å². The molecule has 0 unspecified atom stereocenters. The zero-order chi connectivity index (χ0) is 23.9. The summed E-state index contributed by atoms with van der Waals surface area (Å²) in [5, 5.41) is 12.8. The second-order valence-corrected chi connectivity index (χ2v) is 7.51. The van der Waals surface area contributed by atoms with E-state index in [0.29, 0.717) is 17.5 Å². The summed E-state index contributed by atoms with van der Waals surface area (Å²) >= 11 is 6.20. The smallest absolute Gasteiger partial charge is 0.264 e. The molecule has 0 spiro atoms. The first-order valence-electron chi connectivity index (χ1n) is 9.49. The second-order valence-electron chi connectivity index (χ2n) is 7.10. The third-order valence-electron chi connectivity index (χ3n) is 4.95. The first-order chi connectivity index (χ1) is 15.7. The fourth-order valence-corrected chi connectivity index (χ4v) is 3.77. The highest BCUT2D eigenvalue weighted by molar-refractivity contribution is 6.35. The number of hydrogen-bond donors (Lipinski definition) is 2. The van der Waals surface area contributed by atoms with Crippen molar-refractivity contribution in [1.29, 1.82) is 5.26 Å². The van der Waals surface area contributed by atoms with E-state index in [2.05, 4.69) is 15.3 Å². The molecule has 1 atom stereocenters. The van der Waals surface area contributed by atoms with Crippen LogP contribution in [0.4, 0.5) is 24.9 Å². The van der Waals surface area contributed by atoms with Crippen molar-refractivity contribution in [3.8, 4) is 11.8 Å². The molecule has 0 radical (unpaired) electrons. The number of nitrogens with one attached hydrogen (secondary N) is 1. The molecule has 2 aromatic heterocycles. The summed E-state index contributed by atoms with van der Waals surface area (Å²) in [6.07, 6.45) is 1.21. The van der Waals surface area contributed by atoms with E-state index >= 15 is 0 Å². The molecule has 4 rings (SSSR count). The van der Waals surface area contributed by atoms with Crippen molar-refractivity contribution in [2.45, 2.75) is 13.0 Å². The number of rotatable bonds is 4. The molecule has 2 aromatic carbocycles. The van der Waals surface area contributed by atoms with Crippen molar-refractivity contribution in [2.75, 3.05) is 11.1 Å². The van der Waals surface area contributed by atoms with E-state index in [1.165, 1.54) is 18.3 Å². The van der Waals surface area contributed by atoms with Crippen molar-refractivity contribution in [3.63, 3.8) is 0 Å². The largest absolute Gasteiger partial charge is 0.368 e. The molecule has 0 aliphatic rings. The fourth-order valence-electron chi connectivity index (χ4n) is 3.50. The lowest BCUT2D eigenvalue weighted by atomic mass is 10.1. The minimum atomic E-state index is -1.28. The summed E-state index contributed by atoms with van der Waals surface area (Å²) in [4.78, 5) is 21.2. The molecule has 3 N–H and O–H groups in total. The standard InChI is InChI=1S/C22H14ClF3N6O/c1-10(30-20-12(8-27)9-29-22(28)31-20)17-5-11-3-2-4-14(23)18(11)21(33)32(17)19-15(25)6-13(24)7-16(19)26/h2-7,9-10H,1H3,(H3,28,29,30,31)/t10-/m0/s1. The highest BCUT2D eigenvalue weighted by Gasteiger charge is 2.24. The summed E-state index contributed by atoms with van der Waals surface area (Å²) in [6.45, 7) is 1.58. The molecule has 11 heteroatoms. The molecule has 0 aliphatic carbocycles. The molecular weight excluding hydrogens is 457 g/mol. The molecule has 0 bridgehead atoms. The van der Waals surface area contributed by atoms with Gasteiger partial charge in [-0.05, 0) is 24.4 Å². The van der Waals surface area contributed by atoms with E-state index in [0.717, 1.165) is 4.57 Å². The molecule has 0 saturated heterocycles. The van der Waals surface area contributed by atoms with Crippen molar-refractivity contribution >= 4 is 34.1 Å². The van der Waals surface area contributed by atoms with Gasteiger partial charge in [-0.2, -0.15) is 10.2 Å². The Hall–Kier alpha value is -4.10. The lowest BCUT2D eigenvalue weighted by Gasteiger charge is -2.22. The maximum absolute atomic E-state index is 14.7. The van der Waals surface area contributed by atoms with Crippen LogP contribution in [0.15, 0.2) is 47.4 Å². The third-order valence-corrected chi connectivity index (χ3v) is 5.27. The minimum absolute atomic E-state index is 0.0298. The number of pyridine rings is 1. The summed E-state index contributed by atoms with van der Waals surface area (Å²) < 4.78 is 43.8. The van der Waals surface area contributed by atoms with Gasteiger partial charge in [0.25, 0.3) is 5.56 Å². The summed E-state index contributed by atoms with van der Waals surface area (Å²) in [6, 6.07) is 8.25. The van der Waals surface area contributed by atoms with Crippen molar-refractivity contribution in [2.24, 2.45) is 0 Å². The molecule has 0 saturated carbocycles. The van der Waals surface area contributed by atoms with Gasteiger partial charge in [0.1, 0.15) is 29.0 Å². The monoisotopic (exact) mass is 470 g/mol. The number of benzene rings is 2. The first kappa shape index (κ1) is 22.1. The van der Waals surface area contributed by atoms with Crippen LogP contribution in [0.2, 0.25) is 5.02 Å². The van der Waals surface area contributed by atoms with Crippen LogP contribution < -0.4 is 16.6 Å². The van der Waals surface area contributed by atoms with Gasteiger partial charge >= 0.3 is 0 Å². The van der Waals surface area contributed by atoms with E-state index in [1.807, 2.05) is 6.07 Å². The summed E-state index contributed by atoms with van der Waals surface area (Å²) in [5.74, 6) is -3.75. The summed E-state index contributed by atoms with van der Waals surface area (Å²) in [7, 11) is 0. The highest BCUT2D eigenvalue weighted by atomic mass is 35.5. The Labute approximate surface area is 189 Å². The quantitative estimate of drug-likeness (QED) is 0.455. The van der Waals surface area contributed by atoms with Gasteiger partial charge in [0.15, 0.2) is 11.6 Å². The van der Waals surface area contributed by atoms with Crippen LogP contribution in [0.1, 0.15) is 24.2 Å². The van der Waals surface area contributed by atoms with Gasteiger partial charge in [-0.15, -0.1) is 0 Å². The number of hydrogen-bond acceptors (Lipinski definition) is 6. The van der Waals surface area contributed by atoms with Crippen molar-refractivity contribution < 1.29 is 13.2 Å². The molecule has 0 aliphatic heterocycles. The van der Waals surface area contributed by atoms with E-state index < -0.39 is 34.7 Å². The Kier molecular flexibility index (Phi) is 5.66. The Morgan fingerprint density at radius 3 is 2.58 bits per heavy atom. The van der Waals surface area contributed by atoms with Crippen LogP contribution in [-0.2, 0) is 0 Å². The SMILES string of the molecule is C[C@H](Nc1nc(N)ncc1C#N)c1cc2cccc(Cl)c2c(=O)n1-c1c(F)cc(F)cc1F. The van der Waals surface area contributed by atoms with E-state index in [-0.39, 0.29) is 33.4 Å². The number of nitrogen functional groups attached to an aromatic ring is 1. The van der Waals surface area contributed by atoms with E-state index in [9.17, 15) is 23.2 Å². The summed E-state index contributed by atoms with van der Waals surface area (Å²) in [5.41, 5.74) is 4.19. The Morgan fingerprint density at radius 1 is 1.21 bits per heavy atom. The number of fused-ring (bicyclic) bond motifs is 1. The zero-order valence-corrected chi connectivity index (χ0v) is 17.7. The average molecular weight is 471 g/mol. The van der Waals surface area contributed by atoms with E-state index in [4.69, 9.17) is 17.3 Å². The van der Waals surface area contributed by atoms with Crippen LogP contribution in [0.5, 0.6) is 0 Å². The van der Waals surface area contributed by atoms with Gasteiger partial charge in [0.2, 0.25) is 5.95 Å².